The Kier molecular flexibility index (Phi) is 3.85. The first kappa shape index (κ1) is 11.3. The van der Waals surface area contributed by atoms with Crippen LogP contribution in [0, 0.1) is 0 Å². The van der Waals surface area contributed by atoms with E-state index >= 15 is 0 Å². The monoisotopic (exact) mass is 229 g/mol. The molecule has 0 aliphatic heterocycles. The van der Waals surface area contributed by atoms with E-state index in [2.05, 4.69) is 25.6 Å². The number of anilines is 2. The van der Waals surface area contributed by atoms with Gasteiger partial charge in [0.2, 0.25) is 0 Å². The highest BCUT2D eigenvalue weighted by atomic mass is 15.1. The molecule has 0 unspecified atom stereocenters. The predicted octanol–water partition coefficient (Wildman–Crippen LogP) is 1.92. The molecule has 5 nitrogen and oxygen atoms in total. The lowest BCUT2D eigenvalue weighted by Gasteiger charge is -2.07. The molecule has 2 rings (SSSR count). The Balaban J connectivity index is 1.97. The van der Waals surface area contributed by atoms with Gasteiger partial charge in [-0.25, -0.2) is 4.98 Å². The van der Waals surface area contributed by atoms with Gasteiger partial charge in [0.15, 0.2) is 0 Å². The van der Waals surface area contributed by atoms with E-state index in [1.165, 1.54) is 0 Å². The SMILES string of the molecule is CCNc1cncc(NCc2cccnc2)n1. The quantitative estimate of drug-likeness (QED) is 0.820. The number of hydrogen-bond donors (Lipinski definition) is 2. The van der Waals surface area contributed by atoms with Crippen molar-refractivity contribution in [3.63, 3.8) is 0 Å². The van der Waals surface area contributed by atoms with Crippen LogP contribution in [-0.2, 0) is 6.54 Å². The number of nitrogens with one attached hydrogen (secondary N) is 2. The number of nitrogens with zero attached hydrogens (tertiary/aromatic N) is 3. The van der Waals surface area contributed by atoms with Crippen molar-refractivity contribution in [2.45, 2.75) is 13.5 Å². The van der Waals surface area contributed by atoms with Crippen molar-refractivity contribution in [3.8, 4) is 0 Å². The van der Waals surface area contributed by atoms with Gasteiger partial charge in [-0.2, -0.15) is 0 Å². The fourth-order valence-electron chi connectivity index (χ4n) is 1.41. The summed E-state index contributed by atoms with van der Waals surface area (Å²) in [6, 6.07) is 3.93. The van der Waals surface area contributed by atoms with Gasteiger partial charge in [-0.05, 0) is 18.6 Å². The predicted molar refractivity (Wildman–Crippen MR) is 67.8 cm³/mol. The lowest BCUT2D eigenvalue weighted by atomic mass is 10.3. The van der Waals surface area contributed by atoms with Crippen LogP contribution in [0.2, 0.25) is 0 Å². The fourth-order valence-corrected chi connectivity index (χ4v) is 1.41. The van der Waals surface area contributed by atoms with Gasteiger partial charge in [-0.15, -0.1) is 0 Å². The van der Waals surface area contributed by atoms with Gasteiger partial charge in [-0.1, -0.05) is 6.07 Å². The van der Waals surface area contributed by atoms with Crippen LogP contribution in [-0.4, -0.2) is 21.5 Å². The number of pyridine rings is 1. The highest BCUT2D eigenvalue weighted by Gasteiger charge is 1.97. The maximum absolute atomic E-state index is 4.37. The van der Waals surface area contributed by atoms with Gasteiger partial charge in [0.25, 0.3) is 0 Å². The van der Waals surface area contributed by atoms with E-state index in [4.69, 9.17) is 0 Å². The van der Waals surface area contributed by atoms with Crippen LogP contribution in [0.25, 0.3) is 0 Å². The normalized spacial score (nSPS) is 9.94. The van der Waals surface area contributed by atoms with E-state index in [-0.39, 0.29) is 0 Å². The second-order valence-corrected chi connectivity index (χ2v) is 3.53. The lowest BCUT2D eigenvalue weighted by molar-refractivity contribution is 1.06. The van der Waals surface area contributed by atoms with Gasteiger partial charge in [-0.3, -0.25) is 9.97 Å². The molecule has 88 valence electrons. The van der Waals surface area contributed by atoms with E-state index in [9.17, 15) is 0 Å². The third-order valence-electron chi connectivity index (χ3n) is 2.19. The van der Waals surface area contributed by atoms with Crippen LogP contribution < -0.4 is 10.6 Å². The summed E-state index contributed by atoms with van der Waals surface area (Å²) in [5, 5.41) is 6.33. The second-order valence-electron chi connectivity index (χ2n) is 3.53. The number of aromatic nitrogens is 3. The summed E-state index contributed by atoms with van der Waals surface area (Å²) in [7, 11) is 0. The summed E-state index contributed by atoms with van der Waals surface area (Å²) < 4.78 is 0. The molecule has 0 atom stereocenters. The largest absolute Gasteiger partial charge is 0.369 e. The Bertz CT molecular complexity index is 457. The Morgan fingerprint density at radius 2 is 1.88 bits per heavy atom. The average Bonchev–Trinajstić information content (AvgIpc) is 2.39. The average molecular weight is 229 g/mol. The molecule has 0 fully saturated rings. The summed E-state index contributed by atoms with van der Waals surface area (Å²) >= 11 is 0. The van der Waals surface area contributed by atoms with Gasteiger partial charge in [0.05, 0.1) is 12.4 Å². The molecule has 0 spiro atoms. The smallest absolute Gasteiger partial charge is 0.147 e. The van der Waals surface area contributed by atoms with Crippen molar-refractivity contribution in [3.05, 3.63) is 42.5 Å². The minimum atomic E-state index is 0.693. The van der Waals surface area contributed by atoms with Gasteiger partial charge in [0.1, 0.15) is 11.6 Å². The van der Waals surface area contributed by atoms with E-state index in [1.54, 1.807) is 18.6 Å². The summed E-state index contributed by atoms with van der Waals surface area (Å²) in [5.41, 5.74) is 1.11. The van der Waals surface area contributed by atoms with Crippen LogP contribution in [0.15, 0.2) is 36.9 Å². The molecule has 0 saturated heterocycles. The highest BCUT2D eigenvalue weighted by molar-refractivity contribution is 5.41. The number of hydrogen-bond acceptors (Lipinski definition) is 5. The van der Waals surface area contributed by atoms with Gasteiger partial charge >= 0.3 is 0 Å². The maximum atomic E-state index is 4.37. The molecule has 2 heterocycles. The number of rotatable bonds is 5. The van der Waals surface area contributed by atoms with Crippen LogP contribution in [0.5, 0.6) is 0 Å². The summed E-state index contributed by atoms with van der Waals surface area (Å²) in [5.74, 6) is 1.54. The molecule has 2 N–H and O–H groups in total. The van der Waals surface area contributed by atoms with Gasteiger partial charge < -0.3 is 10.6 Å². The first-order valence-corrected chi connectivity index (χ1v) is 5.57. The third kappa shape index (κ3) is 3.41. The Morgan fingerprint density at radius 1 is 1.06 bits per heavy atom. The summed E-state index contributed by atoms with van der Waals surface area (Å²) in [6.07, 6.45) is 7.00. The van der Waals surface area contributed by atoms with Gasteiger partial charge in [0, 0.05) is 25.5 Å². The molecule has 5 heteroatoms. The zero-order valence-corrected chi connectivity index (χ0v) is 9.72. The highest BCUT2D eigenvalue weighted by Crippen LogP contribution is 2.07. The molecule has 0 radical (unpaired) electrons. The van der Waals surface area contributed by atoms with E-state index in [0.717, 1.165) is 23.7 Å². The molecule has 0 aliphatic carbocycles. The summed E-state index contributed by atoms with van der Waals surface area (Å²) in [6.45, 7) is 3.55. The van der Waals surface area contributed by atoms with Crippen molar-refractivity contribution in [2.75, 3.05) is 17.2 Å². The molecule has 0 bridgehead atoms. The van der Waals surface area contributed by atoms with Crippen molar-refractivity contribution in [1.82, 2.24) is 15.0 Å². The van der Waals surface area contributed by atoms with Crippen molar-refractivity contribution >= 4 is 11.6 Å². The first-order chi connectivity index (χ1) is 8.38. The lowest BCUT2D eigenvalue weighted by Crippen LogP contribution is -2.05. The second kappa shape index (κ2) is 5.79. The molecule has 0 amide bonds. The molecule has 0 aliphatic rings. The van der Waals surface area contributed by atoms with Crippen molar-refractivity contribution in [1.29, 1.82) is 0 Å². The summed E-state index contributed by atoms with van der Waals surface area (Å²) in [4.78, 5) is 12.5. The van der Waals surface area contributed by atoms with E-state index in [1.807, 2.05) is 25.3 Å². The standard InChI is InChI=1S/C12H15N5/c1-2-15-11-8-14-9-12(17-11)16-7-10-4-3-5-13-6-10/h3-6,8-9H,2,7H2,1H3,(H2,15,16,17). The minimum Gasteiger partial charge on any atom is -0.369 e. The van der Waals surface area contributed by atoms with Crippen LogP contribution in [0.4, 0.5) is 11.6 Å². The molecule has 17 heavy (non-hydrogen) atoms. The topological polar surface area (TPSA) is 62.7 Å². The molecule has 2 aromatic heterocycles. The molecule has 2 aromatic rings. The minimum absolute atomic E-state index is 0.693. The fraction of sp³-hybridized carbons (Fsp3) is 0.250. The van der Waals surface area contributed by atoms with Crippen LogP contribution in [0.3, 0.4) is 0 Å². The van der Waals surface area contributed by atoms with Crippen LogP contribution >= 0.6 is 0 Å². The zero-order valence-electron chi connectivity index (χ0n) is 9.72. The van der Waals surface area contributed by atoms with E-state index < -0.39 is 0 Å². The first-order valence-electron chi connectivity index (χ1n) is 5.57. The molecule has 0 saturated carbocycles. The van der Waals surface area contributed by atoms with Crippen molar-refractivity contribution < 1.29 is 0 Å². The molecule has 0 aromatic carbocycles. The molecular formula is C12H15N5. The Labute approximate surface area is 100 Å². The zero-order chi connectivity index (χ0) is 11.9. The maximum Gasteiger partial charge on any atom is 0.147 e. The Morgan fingerprint density at radius 3 is 2.59 bits per heavy atom. The molecular weight excluding hydrogens is 214 g/mol. The van der Waals surface area contributed by atoms with E-state index in [0.29, 0.717) is 6.54 Å². The van der Waals surface area contributed by atoms with Crippen LogP contribution in [0.1, 0.15) is 12.5 Å². The Hall–Kier alpha value is -2.17. The van der Waals surface area contributed by atoms with Crippen molar-refractivity contribution in [2.24, 2.45) is 0 Å². The third-order valence-corrected chi connectivity index (χ3v) is 2.19.